The zero-order valence-corrected chi connectivity index (χ0v) is 28.2. The number of nitrogens with zero attached hydrogens (tertiary/aromatic N) is 2. The fourth-order valence-corrected chi connectivity index (χ4v) is 7.40. The van der Waals surface area contributed by atoms with Gasteiger partial charge in [0.1, 0.15) is 16.7 Å². The monoisotopic (exact) mass is 668 g/mol. The second-order valence-corrected chi connectivity index (χ2v) is 13.0. The van der Waals surface area contributed by atoms with Crippen LogP contribution in [0.2, 0.25) is 0 Å². The zero-order valence-electron chi connectivity index (χ0n) is 28.2. The van der Waals surface area contributed by atoms with Crippen LogP contribution in [0.15, 0.2) is 203 Å². The third-order valence-corrected chi connectivity index (χ3v) is 9.84. The maximum Gasteiger partial charge on any atom is 0.159 e. The Labute approximate surface area is 301 Å². The molecule has 4 heteroatoms. The van der Waals surface area contributed by atoms with Crippen molar-refractivity contribution in [3.63, 3.8) is 0 Å². The SMILES string of the molecule is c1ccc(-c2ccc(N(c3ccccc3)c3ccc4oc5c(N(c6ccccc6)c6ccc7c(c6)oc6ccccc67)cccc5c4c3)cc2)cc1. The minimum absolute atomic E-state index is 0.821. The van der Waals surface area contributed by atoms with Crippen molar-refractivity contribution in [3.8, 4) is 11.1 Å². The highest BCUT2D eigenvalue weighted by Gasteiger charge is 2.22. The zero-order chi connectivity index (χ0) is 34.4. The summed E-state index contributed by atoms with van der Waals surface area (Å²) in [6, 6.07) is 67.8. The lowest BCUT2D eigenvalue weighted by Gasteiger charge is -2.25. The van der Waals surface area contributed by atoms with E-state index < -0.39 is 0 Å². The Balaban J connectivity index is 1.11. The molecule has 0 atom stereocenters. The molecule has 0 radical (unpaired) electrons. The van der Waals surface area contributed by atoms with Crippen molar-refractivity contribution in [2.24, 2.45) is 0 Å². The van der Waals surface area contributed by atoms with Crippen LogP contribution in [0.5, 0.6) is 0 Å². The van der Waals surface area contributed by atoms with Crippen LogP contribution in [0.1, 0.15) is 0 Å². The van der Waals surface area contributed by atoms with Gasteiger partial charge in [0.25, 0.3) is 0 Å². The quantitative estimate of drug-likeness (QED) is 0.169. The summed E-state index contributed by atoms with van der Waals surface area (Å²) >= 11 is 0. The van der Waals surface area contributed by atoms with Gasteiger partial charge in [0, 0.05) is 50.4 Å². The van der Waals surface area contributed by atoms with Gasteiger partial charge in [0.05, 0.1) is 11.4 Å². The molecule has 0 aliphatic rings. The van der Waals surface area contributed by atoms with E-state index in [1.54, 1.807) is 0 Å². The molecule has 10 rings (SSSR count). The molecular weight excluding hydrogens is 637 g/mol. The standard InChI is InChI=1S/C48H32N2O2/c1-4-13-33(14-5-1)34-23-25-37(26-24-34)49(35-15-6-2-7-16-35)38-28-30-46-43(31-38)42-20-12-21-44(48(42)52-46)50(36-17-8-3-9-18-36)39-27-29-41-40-19-10-11-22-45(40)51-47(41)32-39/h1-32H. The molecule has 0 spiro atoms. The van der Waals surface area contributed by atoms with Crippen molar-refractivity contribution in [3.05, 3.63) is 194 Å². The molecule has 4 nitrogen and oxygen atoms in total. The fourth-order valence-electron chi connectivity index (χ4n) is 7.40. The molecule has 0 aliphatic carbocycles. The van der Waals surface area contributed by atoms with Gasteiger partial charge >= 0.3 is 0 Å². The second-order valence-electron chi connectivity index (χ2n) is 13.0. The lowest BCUT2D eigenvalue weighted by atomic mass is 10.0. The second kappa shape index (κ2) is 12.4. The summed E-state index contributed by atoms with van der Waals surface area (Å²) in [4.78, 5) is 4.55. The molecule has 10 aromatic rings. The third kappa shape index (κ3) is 5.09. The fraction of sp³-hybridized carbons (Fsp3) is 0. The Morgan fingerprint density at radius 1 is 0.288 bits per heavy atom. The smallest absolute Gasteiger partial charge is 0.159 e. The predicted molar refractivity (Wildman–Crippen MR) is 216 cm³/mol. The first-order valence-electron chi connectivity index (χ1n) is 17.5. The number of anilines is 6. The van der Waals surface area contributed by atoms with Crippen LogP contribution in [0.25, 0.3) is 55.0 Å². The molecule has 0 fully saturated rings. The van der Waals surface area contributed by atoms with Gasteiger partial charge in [-0.1, -0.05) is 109 Å². The van der Waals surface area contributed by atoms with Crippen LogP contribution in [-0.2, 0) is 0 Å². The van der Waals surface area contributed by atoms with Crippen LogP contribution >= 0.6 is 0 Å². The minimum Gasteiger partial charge on any atom is -0.456 e. The first-order valence-corrected chi connectivity index (χ1v) is 17.5. The van der Waals surface area contributed by atoms with Gasteiger partial charge in [0.2, 0.25) is 0 Å². The number of hydrogen-bond donors (Lipinski definition) is 0. The molecular formula is C48H32N2O2. The molecule has 0 N–H and O–H groups in total. The number of para-hydroxylation sites is 4. The van der Waals surface area contributed by atoms with Crippen LogP contribution in [-0.4, -0.2) is 0 Å². The summed E-state index contributed by atoms with van der Waals surface area (Å²) < 4.78 is 13.1. The third-order valence-electron chi connectivity index (χ3n) is 9.84. The Morgan fingerprint density at radius 3 is 1.60 bits per heavy atom. The highest BCUT2D eigenvalue weighted by atomic mass is 16.3. The number of rotatable bonds is 7. The molecule has 0 aliphatic heterocycles. The first kappa shape index (κ1) is 29.8. The van der Waals surface area contributed by atoms with Crippen LogP contribution < -0.4 is 9.80 Å². The van der Waals surface area contributed by atoms with Crippen molar-refractivity contribution >= 4 is 78.0 Å². The lowest BCUT2D eigenvalue weighted by molar-refractivity contribution is 0.667. The molecule has 0 bridgehead atoms. The summed E-state index contributed by atoms with van der Waals surface area (Å²) in [5.74, 6) is 0. The lowest BCUT2D eigenvalue weighted by Crippen LogP contribution is -2.10. The van der Waals surface area contributed by atoms with Crippen LogP contribution in [0.4, 0.5) is 34.1 Å². The highest BCUT2D eigenvalue weighted by Crippen LogP contribution is 2.45. The molecule has 246 valence electrons. The van der Waals surface area contributed by atoms with Crippen molar-refractivity contribution < 1.29 is 8.83 Å². The molecule has 8 aromatic carbocycles. The van der Waals surface area contributed by atoms with Crippen molar-refractivity contribution in [2.75, 3.05) is 9.80 Å². The predicted octanol–water partition coefficient (Wildman–Crippen LogP) is 14.1. The number of furan rings is 2. The molecule has 0 saturated heterocycles. The molecule has 52 heavy (non-hydrogen) atoms. The van der Waals surface area contributed by atoms with Gasteiger partial charge in [-0.15, -0.1) is 0 Å². The van der Waals surface area contributed by atoms with E-state index in [1.165, 1.54) is 11.1 Å². The summed E-state index contributed by atoms with van der Waals surface area (Å²) in [5, 5.41) is 4.31. The molecule has 0 unspecified atom stereocenters. The Hall–Kier alpha value is -7.04. The normalized spacial score (nSPS) is 11.5. The van der Waals surface area contributed by atoms with Gasteiger partial charge in [-0.05, 0) is 90.0 Å². The summed E-state index contributed by atoms with van der Waals surface area (Å²) in [7, 11) is 0. The van der Waals surface area contributed by atoms with E-state index in [4.69, 9.17) is 8.83 Å². The highest BCUT2D eigenvalue weighted by molar-refractivity contribution is 6.12. The average Bonchev–Trinajstić information content (AvgIpc) is 3.78. The van der Waals surface area contributed by atoms with E-state index in [1.807, 2.05) is 24.3 Å². The van der Waals surface area contributed by atoms with Gasteiger partial charge in [-0.2, -0.15) is 0 Å². The van der Waals surface area contributed by atoms with Crippen LogP contribution in [0.3, 0.4) is 0 Å². The Morgan fingerprint density at radius 2 is 0.827 bits per heavy atom. The molecule has 0 saturated carbocycles. The minimum atomic E-state index is 0.821. The maximum absolute atomic E-state index is 6.77. The number of fused-ring (bicyclic) bond motifs is 6. The van der Waals surface area contributed by atoms with E-state index in [2.05, 4.69) is 180 Å². The summed E-state index contributed by atoms with van der Waals surface area (Å²) in [6.07, 6.45) is 0. The average molecular weight is 669 g/mol. The topological polar surface area (TPSA) is 32.8 Å². The van der Waals surface area contributed by atoms with Gasteiger partial charge in [-0.25, -0.2) is 0 Å². The molecule has 0 amide bonds. The first-order chi connectivity index (χ1) is 25.8. The van der Waals surface area contributed by atoms with Gasteiger partial charge in [0.15, 0.2) is 5.58 Å². The van der Waals surface area contributed by atoms with E-state index in [-0.39, 0.29) is 0 Å². The van der Waals surface area contributed by atoms with E-state index in [0.717, 1.165) is 78.0 Å². The Bertz CT molecular complexity index is 2840. The van der Waals surface area contributed by atoms with Crippen molar-refractivity contribution in [1.29, 1.82) is 0 Å². The van der Waals surface area contributed by atoms with E-state index >= 15 is 0 Å². The van der Waals surface area contributed by atoms with E-state index in [9.17, 15) is 0 Å². The van der Waals surface area contributed by atoms with Crippen LogP contribution in [0, 0.1) is 0 Å². The van der Waals surface area contributed by atoms with E-state index in [0.29, 0.717) is 0 Å². The molecule has 2 heterocycles. The van der Waals surface area contributed by atoms with Crippen molar-refractivity contribution in [1.82, 2.24) is 0 Å². The molecule has 2 aromatic heterocycles. The summed E-state index contributed by atoms with van der Waals surface area (Å²) in [6.45, 7) is 0. The maximum atomic E-state index is 6.77. The van der Waals surface area contributed by atoms with Gasteiger partial charge < -0.3 is 18.6 Å². The number of hydrogen-bond acceptors (Lipinski definition) is 4. The van der Waals surface area contributed by atoms with Gasteiger partial charge in [-0.3, -0.25) is 0 Å². The summed E-state index contributed by atoms with van der Waals surface area (Å²) in [5.41, 5.74) is 11.9. The largest absolute Gasteiger partial charge is 0.456 e. The number of benzene rings is 8. The Kier molecular flexibility index (Phi) is 7.10. The van der Waals surface area contributed by atoms with Crippen molar-refractivity contribution in [2.45, 2.75) is 0 Å².